The fraction of sp³-hybridized carbons (Fsp3) is 0.0189. The number of benzene rings is 10. The van der Waals surface area contributed by atoms with Crippen LogP contribution in [-0.4, -0.2) is 0 Å². The molecule has 0 fully saturated rings. The van der Waals surface area contributed by atoms with Gasteiger partial charge in [0.2, 0.25) is 0 Å². The molecule has 1 aliphatic rings. The summed E-state index contributed by atoms with van der Waals surface area (Å²) in [5.74, 6) is 0. The van der Waals surface area contributed by atoms with Crippen LogP contribution in [0.25, 0.3) is 87.6 Å². The summed E-state index contributed by atoms with van der Waals surface area (Å²) in [6.45, 7) is 0. The second kappa shape index (κ2) is 11.0. The molecule has 250 valence electrons. The van der Waals surface area contributed by atoms with Gasteiger partial charge in [0.1, 0.15) is 11.2 Å². The summed E-state index contributed by atoms with van der Waals surface area (Å²) in [5, 5.41) is 9.97. The van der Waals surface area contributed by atoms with Gasteiger partial charge >= 0.3 is 0 Å². The lowest BCUT2D eigenvalue weighted by Crippen LogP contribution is -2.28. The molecule has 0 bridgehead atoms. The lowest BCUT2D eigenvalue weighted by molar-refractivity contribution is 0.669. The van der Waals surface area contributed by atoms with Gasteiger partial charge in [0.05, 0.1) is 5.41 Å². The zero-order valence-electron chi connectivity index (χ0n) is 29.4. The van der Waals surface area contributed by atoms with Crippen molar-refractivity contribution in [2.45, 2.75) is 5.41 Å². The number of rotatable bonds is 4. The SMILES string of the molecule is c1ccc(-c2cc3ccc4cc(-c5cc6c(c7oc8ccccc8c57)-c5ccccc5C6(c5ccccc5)c5ccccc5)cc5ccc(c2)c3c45)cc1. The van der Waals surface area contributed by atoms with E-state index in [2.05, 4.69) is 194 Å². The lowest BCUT2D eigenvalue weighted by atomic mass is 9.67. The van der Waals surface area contributed by atoms with Crippen LogP contribution in [-0.2, 0) is 5.41 Å². The maximum atomic E-state index is 7.02. The normalized spacial score (nSPS) is 13.3. The quantitative estimate of drug-likeness (QED) is 0.168. The molecule has 1 aliphatic carbocycles. The van der Waals surface area contributed by atoms with Gasteiger partial charge in [0.15, 0.2) is 0 Å². The number of hydrogen-bond acceptors (Lipinski definition) is 1. The van der Waals surface area contributed by atoms with Gasteiger partial charge in [-0.3, -0.25) is 0 Å². The van der Waals surface area contributed by atoms with Crippen LogP contribution in [0.15, 0.2) is 199 Å². The Bertz CT molecular complexity index is 3140. The maximum absolute atomic E-state index is 7.02. The summed E-state index contributed by atoms with van der Waals surface area (Å²) in [5.41, 5.74) is 13.6. The van der Waals surface area contributed by atoms with Crippen LogP contribution in [0.2, 0.25) is 0 Å². The minimum absolute atomic E-state index is 0.539. The lowest BCUT2D eigenvalue weighted by Gasteiger charge is -2.34. The van der Waals surface area contributed by atoms with Crippen molar-refractivity contribution < 1.29 is 4.42 Å². The summed E-state index contributed by atoms with van der Waals surface area (Å²) in [7, 11) is 0. The molecule has 54 heavy (non-hydrogen) atoms. The minimum Gasteiger partial charge on any atom is -0.455 e. The molecule has 0 spiro atoms. The molecular formula is C53H32O. The van der Waals surface area contributed by atoms with Crippen molar-refractivity contribution in [3.63, 3.8) is 0 Å². The zero-order valence-corrected chi connectivity index (χ0v) is 29.4. The Morgan fingerprint density at radius 1 is 0.352 bits per heavy atom. The zero-order chi connectivity index (χ0) is 35.4. The van der Waals surface area contributed by atoms with Crippen molar-refractivity contribution in [2.75, 3.05) is 0 Å². The molecule has 0 aliphatic heterocycles. The molecule has 0 saturated heterocycles. The Morgan fingerprint density at radius 2 is 0.870 bits per heavy atom. The van der Waals surface area contributed by atoms with E-state index in [4.69, 9.17) is 4.42 Å². The summed E-state index contributed by atoms with van der Waals surface area (Å²) in [6.07, 6.45) is 0. The third-order valence-corrected chi connectivity index (χ3v) is 12.0. The maximum Gasteiger partial charge on any atom is 0.144 e. The average Bonchev–Trinajstić information content (AvgIpc) is 3.77. The Kier molecular flexibility index (Phi) is 6.04. The van der Waals surface area contributed by atoms with Crippen LogP contribution in [0.3, 0.4) is 0 Å². The van der Waals surface area contributed by atoms with Crippen molar-refractivity contribution in [1.29, 1.82) is 0 Å². The third kappa shape index (κ3) is 3.93. The Balaban J connectivity index is 1.19. The van der Waals surface area contributed by atoms with Gasteiger partial charge in [-0.25, -0.2) is 0 Å². The minimum atomic E-state index is -0.539. The summed E-state index contributed by atoms with van der Waals surface area (Å²) >= 11 is 0. The van der Waals surface area contributed by atoms with E-state index >= 15 is 0 Å². The fourth-order valence-electron chi connectivity index (χ4n) is 9.82. The molecule has 0 amide bonds. The second-order valence-corrected chi connectivity index (χ2v) is 14.8. The van der Waals surface area contributed by atoms with E-state index in [1.807, 2.05) is 0 Å². The predicted molar refractivity (Wildman–Crippen MR) is 226 cm³/mol. The van der Waals surface area contributed by atoms with Gasteiger partial charge in [-0.2, -0.15) is 0 Å². The Labute approximate surface area is 312 Å². The molecule has 1 heterocycles. The predicted octanol–water partition coefficient (Wildman–Crippen LogP) is 14.2. The number of furan rings is 1. The van der Waals surface area contributed by atoms with Crippen molar-refractivity contribution in [3.8, 4) is 33.4 Å². The average molecular weight is 685 g/mol. The van der Waals surface area contributed by atoms with E-state index in [-0.39, 0.29) is 0 Å². The number of para-hydroxylation sites is 1. The fourth-order valence-corrected chi connectivity index (χ4v) is 9.82. The smallest absolute Gasteiger partial charge is 0.144 e. The number of hydrogen-bond donors (Lipinski definition) is 0. The van der Waals surface area contributed by atoms with Crippen LogP contribution in [0.1, 0.15) is 22.3 Å². The molecule has 10 aromatic carbocycles. The molecule has 0 atom stereocenters. The highest BCUT2D eigenvalue weighted by Gasteiger charge is 2.47. The van der Waals surface area contributed by atoms with Crippen LogP contribution in [0.5, 0.6) is 0 Å². The molecule has 1 nitrogen and oxygen atoms in total. The molecule has 1 aromatic heterocycles. The van der Waals surface area contributed by atoms with Crippen LogP contribution >= 0.6 is 0 Å². The van der Waals surface area contributed by atoms with E-state index in [0.717, 1.165) is 21.9 Å². The highest BCUT2D eigenvalue weighted by atomic mass is 16.3. The van der Waals surface area contributed by atoms with Crippen molar-refractivity contribution in [3.05, 3.63) is 216 Å². The summed E-state index contributed by atoms with van der Waals surface area (Å²) < 4.78 is 7.02. The first-order valence-corrected chi connectivity index (χ1v) is 18.8. The summed E-state index contributed by atoms with van der Waals surface area (Å²) in [6, 6.07) is 71.5. The monoisotopic (exact) mass is 684 g/mol. The van der Waals surface area contributed by atoms with Gasteiger partial charge < -0.3 is 4.42 Å². The summed E-state index contributed by atoms with van der Waals surface area (Å²) in [4.78, 5) is 0. The second-order valence-electron chi connectivity index (χ2n) is 14.8. The molecule has 0 radical (unpaired) electrons. The first kappa shape index (κ1) is 29.6. The molecule has 0 unspecified atom stereocenters. The molecular weight excluding hydrogens is 653 g/mol. The van der Waals surface area contributed by atoms with E-state index < -0.39 is 5.41 Å². The molecule has 11 aromatic rings. The van der Waals surface area contributed by atoms with E-state index in [1.54, 1.807) is 0 Å². The molecule has 0 N–H and O–H groups in total. The van der Waals surface area contributed by atoms with Crippen LogP contribution in [0, 0.1) is 0 Å². The Hall–Kier alpha value is -6.96. The Morgan fingerprint density at radius 3 is 1.50 bits per heavy atom. The number of fused-ring (bicyclic) bond motifs is 7. The first-order chi connectivity index (χ1) is 26.8. The van der Waals surface area contributed by atoms with Crippen molar-refractivity contribution in [2.24, 2.45) is 0 Å². The van der Waals surface area contributed by atoms with Crippen LogP contribution in [0.4, 0.5) is 0 Å². The highest BCUT2D eigenvalue weighted by molar-refractivity contribution is 6.26. The van der Waals surface area contributed by atoms with Gasteiger partial charge in [-0.15, -0.1) is 0 Å². The topological polar surface area (TPSA) is 13.1 Å². The van der Waals surface area contributed by atoms with Gasteiger partial charge in [0, 0.05) is 16.3 Å². The first-order valence-electron chi connectivity index (χ1n) is 18.8. The third-order valence-electron chi connectivity index (χ3n) is 12.0. The molecule has 0 saturated carbocycles. The van der Waals surface area contributed by atoms with Gasteiger partial charge in [0.25, 0.3) is 0 Å². The van der Waals surface area contributed by atoms with Crippen LogP contribution < -0.4 is 0 Å². The van der Waals surface area contributed by atoms with E-state index in [1.165, 1.54) is 88.0 Å². The van der Waals surface area contributed by atoms with Gasteiger partial charge in [-0.1, -0.05) is 158 Å². The molecule has 12 rings (SSSR count). The largest absolute Gasteiger partial charge is 0.455 e. The standard InChI is InChI=1S/C53H32O/c1-4-14-33(15-5-1)38-28-34-24-26-36-30-39(31-37-27-25-35(29-38)48(34)49(36)37)44-32-46-51(52-50(44)43-21-11-13-23-47(43)54-52)42-20-10-12-22-45(42)53(46,40-16-6-2-7-17-40)41-18-8-3-9-19-41/h1-32H. The molecule has 1 heteroatoms. The van der Waals surface area contributed by atoms with E-state index in [9.17, 15) is 0 Å². The highest BCUT2D eigenvalue weighted by Crippen LogP contribution is 2.60. The van der Waals surface area contributed by atoms with E-state index in [0.29, 0.717) is 0 Å². The van der Waals surface area contributed by atoms with Crippen molar-refractivity contribution >= 4 is 54.3 Å². The van der Waals surface area contributed by atoms with Gasteiger partial charge in [-0.05, 0) is 119 Å². The van der Waals surface area contributed by atoms with Crippen molar-refractivity contribution in [1.82, 2.24) is 0 Å².